The van der Waals surface area contributed by atoms with Crippen molar-refractivity contribution in [2.45, 2.75) is 39.7 Å². The van der Waals surface area contributed by atoms with Crippen LogP contribution in [0.1, 0.15) is 33.6 Å². The number of carbonyl (C=O) groups is 2. The first-order valence-electron chi connectivity index (χ1n) is 5.94. The predicted octanol–water partition coefficient (Wildman–Crippen LogP) is 1.03. The summed E-state index contributed by atoms with van der Waals surface area (Å²) in [5.74, 6) is -2.54. The fourth-order valence-corrected chi connectivity index (χ4v) is 2.00. The van der Waals surface area contributed by atoms with Crippen LogP contribution >= 0.6 is 0 Å². The number of aliphatic carboxylic acids is 1. The lowest BCUT2D eigenvalue weighted by Crippen LogP contribution is -2.44. The van der Waals surface area contributed by atoms with Crippen LogP contribution in [0.5, 0.6) is 0 Å². The summed E-state index contributed by atoms with van der Waals surface area (Å²) in [5, 5.41) is 11.7. The topological polar surface area (TPSA) is 75.6 Å². The number of hydrogen-bond donors (Lipinski definition) is 2. The molecule has 5 heteroatoms. The first-order valence-corrected chi connectivity index (χ1v) is 5.94. The van der Waals surface area contributed by atoms with Crippen molar-refractivity contribution < 1.29 is 19.4 Å². The Kier molecular flexibility index (Phi) is 4.51. The van der Waals surface area contributed by atoms with E-state index in [4.69, 9.17) is 9.84 Å². The van der Waals surface area contributed by atoms with Crippen LogP contribution in [0.15, 0.2) is 0 Å². The van der Waals surface area contributed by atoms with Gasteiger partial charge in [-0.2, -0.15) is 0 Å². The third-order valence-electron chi connectivity index (χ3n) is 2.90. The van der Waals surface area contributed by atoms with Crippen LogP contribution in [0, 0.1) is 11.3 Å². The van der Waals surface area contributed by atoms with Crippen molar-refractivity contribution in [3.8, 4) is 0 Å². The molecule has 0 spiro atoms. The Hall–Kier alpha value is -1.10. The molecule has 1 aliphatic heterocycles. The largest absolute Gasteiger partial charge is 0.481 e. The second-order valence-electron chi connectivity index (χ2n) is 5.52. The van der Waals surface area contributed by atoms with Gasteiger partial charge in [-0.05, 0) is 18.3 Å². The lowest BCUT2D eigenvalue weighted by atomic mass is 9.80. The van der Waals surface area contributed by atoms with E-state index in [0.29, 0.717) is 6.54 Å². The van der Waals surface area contributed by atoms with Crippen LogP contribution in [0.25, 0.3) is 0 Å². The summed E-state index contributed by atoms with van der Waals surface area (Å²) in [7, 11) is 0. The standard InChI is InChI=1S/C12H21NO4/c1-12(2,3)9(11(15)16)10(14)13-7-8-5-4-6-17-8/h8-9H,4-7H2,1-3H3,(H,13,14)(H,15,16). The summed E-state index contributed by atoms with van der Waals surface area (Å²) in [6.07, 6.45) is 1.96. The first-order chi connectivity index (χ1) is 7.82. The molecule has 2 unspecified atom stereocenters. The molecule has 2 atom stereocenters. The van der Waals surface area contributed by atoms with E-state index in [2.05, 4.69) is 5.32 Å². The van der Waals surface area contributed by atoms with Crippen LogP contribution in [0.4, 0.5) is 0 Å². The van der Waals surface area contributed by atoms with E-state index in [1.807, 2.05) is 0 Å². The molecular weight excluding hydrogens is 222 g/mol. The molecule has 1 heterocycles. The quantitative estimate of drug-likeness (QED) is 0.723. The van der Waals surface area contributed by atoms with Gasteiger partial charge in [0, 0.05) is 13.2 Å². The van der Waals surface area contributed by atoms with Gasteiger partial charge in [0.2, 0.25) is 5.91 Å². The van der Waals surface area contributed by atoms with Crippen molar-refractivity contribution in [3.63, 3.8) is 0 Å². The highest BCUT2D eigenvalue weighted by Crippen LogP contribution is 2.26. The summed E-state index contributed by atoms with van der Waals surface area (Å²) in [6, 6.07) is 0. The monoisotopic (exact) mass is 243 g/mol. The number of hydrogen-bond acceptors (Lipinski definition) is 3. The van der Waals surface area contributed by atoms with E-state index in [1.165, 1.54) is 0 Å². The third-order valence-corrected chi connectivity index (χ3v) is 2.90. The number of carboxylic acid groups (broad SMARTS) is 1. The van der Waals surface area contributed by atoms with E-state index in [1.54, 1.807) is 20.8 Å². The fraction of sp³-hybridized carbons (Fsp3) is 0.833. The molecule has 0 bridgehead atoms. The van der Waals surface area contributed by atoms with Gasteiger partial charge in [-0.3, -0.25) is 9.59 Å². The van der Waals surface area contributed by atoms with Crippen molar-refractivity contribution in [2.24, 2.45) is 11.3 Å². The lowest BCUT2D eigenvalue weighted by Gasteiger charge is -2.26. The summed E-state index contributed by atoms with van der Waals surface area (Å²) in [5.41, 5.74) is -0.591. The second-order valence-corrected chi connectivity index (χ2v) is 5.52. The number of carbonyl (C=O) groups excluding carboxylic acids is 1. The van der Waals surface area contributed by atoms with E-state index >= 15 is 0 Å². The average molecular weight is 243 g/mol. The van der Waals surface area contributed by atoms with Crippen LogP contribution in [0.3, 0.4) is 0 Å². The molecule has 1 saturated heterocycles. The van der Waals surface area contributed by atoms with Crippen LogP contribution in [-0.4, -0.2) is 36.2 Å². The normalized spacial score (nSPS) is 22.2. The lowest BCUT2D eigenvalue weighted by molar-refractivity contribution is -0.151. The molecule has 1 rings (SSSR count). The second kappa shape index (κ2) is 5.49. The van der Waals surface area contributed by atoms with E-state index in [0.717, 1.165) is 19.4 Å². The Balaban J connectivity index is 2.51. The molecule has 17 heavy (non-hydrogen) atoms. The summed E-state index contributed by atoms with van der Waals surface area (Å²) in [6.45, 7) is 6.37. The number of rotatable bonds is 4. The molecule has 0 aliphatic carbocycles. The molecule has 0 saturated carbocycles. The number of nitrogens with one attached hydrogen (secondary N) is 1. The van der Waals surface area contributed by atoms with Gasteiger partial charge in [-0.1, -0.05) is 20.8 Å². The molecule has 0 aromatic carbocycles. The fourth-order valence-electron chi connectivity index (χ4n) is 2.00. The van der Waals surface area contributed by atoms with Gasteiger partial charge in [0.1, 0.15) is 5.92 Å². The minimum Gasteiger partial charge on any atom is -0.481 e. The average Bonchev–Trinajstić information content (AvgIpc) is 2.63. The van der Waals surface area contributed by atoms with E-state index < -0.39 is 23.2 Å². The minimum atomic E-state index is -1.08. The van der Waals surface area contributed by atoms with Gasteiger partial charge in [0.15, 0.2) is 0 Å². The SMILES string of the molecule is CC(C)(C)C(C(=O)O)C(=O)NCC1CCCO1. The van der Waals surface area contributed by atoms with Gasteiger partial charge in [0.05, 0.1) is 6.10 Å². The smallest absolute Gasteiger partial charge is 0.316 e. The van der Waals surface area contributed by atoms with Crippen molar-refractivity contribution in [1.29, 1.82) is 0 Å². The van der Waals surface area contributed by atoms with Crippen molar-refractivity contribution >= 4 is 11.9 Å². The maximum absolute atomic E-state index is 11.8. The molecule has 0 radical (unpaired) electrons. The minimum absolute atomic E-state index is 0.0355. The van der Waals surface area contributed by atoms with Gasteiger partial charge in [-0.25, -0.2) is 0 Å². The Morgan fingerprint density at radius 3 is 2.53 bits per heavy atom. The van der Waals surface area contributed by atoms with Crippen LogP contribution in [-0.2, 0) is 14.3 Å². The van der Waals surface area contributed by atoms with Crippen molar-refractivity contribution in [1.82, 2.24) is 5.32 Å². The Labute approximate surface area is 102 Å². The Bertz CT molecular complexity index is 289. The maximum atomic E-state index is 11.8. The number of amides is 1. The highest BCUT2D eigenvalue weighted by atomic mass is 16.5. The predicted molar refractivity (Wildman–Crippen MR) is 62.6 cm³/mol. The Morgan fingerprint density at radius 2 is 2.12 bits per heavy atom. The summed E-state index contributed by atoms with van der Waals surface area (Å²) < 4.78 is 5.37. The first kappa shape index (κ1) is 14.0. The van der Waals surface area contributed by atoms with Crippen LogP contribution in [0.2, 0.25) is 0 Å². The van der Waals surface area contributed by atoms with Gasteiger partial charge >= 0.3 is 5.97 Å². The molecule has 1 aliphatic rings. The molecule has 0 aromatic heterocycles. The van der Waals surface area contributed by atoms with Crippen LogP contribution < -0.4 is 5.32 Å². The summed E-state index contributed by atoms with van der Waals surface area (Å²) >= 11 is 0. The highest BCUT2D eigenvalue weighted by molar-refractivity contribution is 5.97. The van der Waals surface area contributed by atoms with Crippen molar-refractivity contribution in [2.75, 3.05) is 13.2 Å². The number of ether oxygens (including phenoxy) is 1. The van der Waals surface area contributed by atoms with E-state index in [-0.39, 0.29) is 6.10 Å². The van der Waals surface area contributed by atoms with Gasteiger partial charge in [-0.15, -0.1) is 0 Å². The molecular formula is C12H21NO4. The molecule has 2 N–H and O–H groups in total. The summed E-state index contributed by atoms with van der Waals surface area (Å²) in [4.78, 5) is 22.9. The zero-order chi connectivity index (χ0) is 13.1. The van der Waals surface area contributed by atoms with E-state index in [9.17, 15) is 9.59 Å². The zero-order valence-corrected chi connectivity index (χ0v) is 10.7. The van der Waals surface area contributed by atoms with Gasteiger partial charge in [0.25, 0.3) is 0 Å². The third kappa shape index (κ3) is 4.00. The molecule has 5 nitrogen and oxygen atoms in total. The van der Waals surface area contributed by atoms with Crippen molar-refractivity contribution in [3.05, 3.63) is 0 Å². The molecule has 1 amide bonds. The highest BCUT2D eigenvalue weighted by Gasteiger charge is 2.37. The Morgan fingerprint density at radius 1 is 1.47 bits per heavy atom. The maximum Gasteiger partial charge on any atom is 0.316 e. The molecule has 98 valence electrons. The zero-order valence-electron chi connectivity index (χ0n) is 10.7. The molecule has 1 fully saturated rings. The molecule has 0 aromatic rings. The number of carboxylic acids is 1. The van der Waals surface area contributed by atoms with Gasteiger partial charge < -0.3 is 15.2 Å².